The van der Waals surface area contributed by atoms with Crippen LogP contribution in [0, 0.1) is 0 Å². The number of aliphatic hydroxyl groups is 2. The second-order valence-corrected chi connectivity index (χ2v) is 4.03. The van der Waals surface area contributed by atoms with E-state index in [4.69, 9.17) is 15.6 Å². The van der Waals surface area contributed by atoms with Gasteiger partial charge in [-0.1, -0.05) is 15.9 Å². The minimum Gasteiger partial charge on any atom is -0.497 e. The standard InChI is InChI=1S/C10H14BrNO3/c1-15-6-2-3-8(11)7(4-6)10(14)9(12)5-13/h2-4,9-10,13-14H,5,12H2,1H3. The van der Waals surface area contributed by atoms with Gasteiger partial charge in [0.15, 0.2) is 0 Å². The predicted octanol–water partition coefficient (Wildman–Crippen LogP) is 0.811. The predicted molar refractivity (Wildman–Crippen MR) is 60.7 cm³/mol. The average molecular weight is 276 g/mol. The van der Waals surface area contributed by atoms with Gasteiger partial charge in [0.1, 0.15) is 5.75 Å². The van der Waals surface area contributed by atoms with E-state index in [1.165, 1.54) is 0 Å². The van der Waals surface area contributed by atoms with E-state index in [0.29, 0.717) is 11.3 Å². The molecule has 1 rings (SSSR count). The van der Waals surface area contributed by atoms with Gasteiger partial charge in [-0.25, -0.2) is 0 Å². The Morgan fingerprint density at radius 2 is 2.20 bits per heavy atom. The Hall–Kier alpha value is -0.620. The Kier molecular flexibility index (Phi) is 4.53. The molecule has 1 aromatic carbocycles. The van der Waals surface area contributed by atoms with Gasteiger partial charge in [0.05, 0.1) is 25.9 Å². The molecule has 5 heteroatoms. The summed E-state index contributed by atoms with van der Waals surface area (Å²) >= 11 is 3.30. The Balaban J connectivity index is 3.01. The van der Waals surface area contributed by atoms with Crippen molar-refractivity contribution < 1.29 is 14.9 Å². The highest BCUT2D eigenvalue weighted by Crippen LogP contribution is 2.28. The zero-order chi connectivity index (χ0) is 11.4. The van der Waals surface area contributed by atoms with Crippen LogP contribution in [0.15, 0.2) is 22.7 Å². The fourth-order valence-corrected chi connectivity index (χ4v) is 1.69. The van der Waals surface area contributed by atoms with Crippen LogP contribution in [0.1, 0.15) is 11.7 Å². The molecule has 84 valence electrons. The van der Waals surface area contributed by atoms with Crippen LogP contribution in [0.25, 0.3) is 0 Å². The van der Waals surface area contributed by atoms with Gasteiger partial charge in [-0.3, -0.25) is 0 Å². The minimum absolute atomic E-state index is 0.273. The molecule has 0 saturated heterocycles. The maximum Gasteiger partial charge on any atom is 0.119 e. The second kappa shape index (κ2) is 5.46. The van der Waals surface area contributed by atoms with Gasteiger partial charge in [0, 0.05) is 4.47 Å². The fourth-order valence-electron chi connectivity index (χ4n) is 1.21. The van der Waals surface area contributed by atoms with Gasteiger partial charge in [0.2, 0.25) is 0 Å². The van der Waals surface area contributed by atoms with Gasteiger partial charge in [-0.15, -0.1) is 0 Å². The molecule has 0 aliphatic carbocycles. The highest BCUT2D eigenvalue weighted by atomic mass is 79.9. The van der Waals surface area contributed by atoms with E-state index in [0.717, 1.165) is 4.47 Å². The maximum atomic E-state index is 9.82. The quantitative estimate of drug-likeness (QED) is 0.760. The molecular formula is C10H14BrNO3. The van der Waals surface area contributed by atoms with Crippen LogP contribution in [-0.4, -0.2) is 30.0 Å². The highest BCUT2D eigenvalue weighted by molar-refractivity contribution is 9.10. The van der Waals surface area contributed by atoms with Crippen molar-refractivity contribution in [3.05, 3.63) is 28.2 Å². The van der Waals surface area contributed by atoms with Crippen molar-refractivity contribution in [2.45, 2.75) is 12.1 Å². The van der Waals surface area contributed by atoms with E-state index in [9.17, 15) is 5.11 Å². The van der Waals surface area contributed by atoms with Crippen molar-refractivity contribution in [3.63, 3.8) is 0 Å². The van der Waals surface area contributed by atoms with Crippen molar-refractivity contribution in [1.82, 2.24) is 0 Å². The summed E-state index contributed by atoms with van der Waals surface area (Å²) in [4.78, 5) is 0. The lowest BCUT2D eigenvalue weighted by Gasteiger charge is -2.18. The molecule has 0 radical (unpaired) electrons. The van der Waals surface area contributed by atoms with E-state index in [2.05, 4.69) is 15.9 Å². The molecule has 0 saturated carbocycles. The van der Waals surface area contributed by atoms with Crippen LogP contribution in [0.5, 0.6) is 5.75 Å². The monoisotopic (exact) mass is 275 g/mol. The molecule has 2 unspecified atom stereocenters. The smallest absolute Gasteiger partial charge is 0.119 e. The molecule has 0 fully saturated rings. The SMILES string of the molecule is COc1ccc(Br)c(C(O)C(N)CO)c1. The van der Waals surface area contributed by atoms with Gasteiger partial charge >= 0.3 is 0 Å². The topological polar surface area (TPSA) is 75.7 Å². The van der Waals surface area contributed by atoms with Crippen LogP contribution in [0.4, 0.5) is 0 Å². The highest BCUT2D eigenvalue weighted by Gasteiger charge is 2.19. The first-order valence-electron chi connectivity index (χ1n) is 4.48. The number of hydrogen-bond donors (Lipinski definition) is 3. The Labute approximate surface area is 96.8 Å². The van der Waals surface area contributed by atoms with Crippen LogP contribution in [0.3, 0.4) is 0 Å². The van der Waals surface area contributed by atoms with E-state index < -0.39 is 12.1 Å². The van der Waals surface area contributed by atoms with Gasteiger partial charge < -0.3 is 20.7 Å². The largest absolute Gasteiger partial charge is 0.497 e. The number of benzene rings is 1. The molecule has 0 bridgehead atoms. The van der Waals surface area contributed by atoms with E-state index in [-0.39, 0.29) is 6.61 Å². The molecule has 2 atom stereocenters. The van der Waals surface area contributed by atoms with Crippen LogP contribution < -0.4 is 10.5 Å². The van der Waals surface area contributed by atoms with Gasteiger partial charge in [-0.2, -0.15) is 0 Å². The number of aliphatic hydroxyl groups excluding tert-OH is 2. The van der Waals surface area contributed by atoms with Crippen LogP contribution in [-0.2, 0) is 0 Å². The summed E-state index contributed by atoms with van der Waals surface area (Å²) in [5.74, 6) is 0.636. The van der Waals surface area contributed by atoms with Crippen molar-refractivity contribution in [3.8, 4) is 5.75 Å². The summed E-state index contributed by atoms with van der Waals surface area (Å²) < 4.78 is 5.77. The van der Waals surface area contributed by atoms with Crippen molar-refractivity contribution >= 4 is 15.9 Å². The molecule has 1 aromatic rings. The summed E-state index contributed by atoms with van der Waals surface area (Å²) in [6, 6.07) is 4.52. The Bertz CT molecular complexity index is 332. The lowest BCUT2D eigenvalue weighted by Crippen LogP contribution is -2.32. The maximum absolute atomic E-state index is 9.82. The minimum atomic E-state index is -0.917. The van der Waals surface area contributed by atoms with Crippen molar-refractivity contribution in [2.24, 2.45) is 5.73 Å². The van der Waals surface area contributed by atoms with Crippen molar-refractivity contribution in [1.29, 1.82) is 0 Å². The number of methoxy groups -OCH3 is 1. The van der Waals surface area contributed by atoms with E-state index >= 15 is 0 Å². The summed E-state index contributed by atoms with van der Waals surface area (Å²) in [7, 11) is 1.55. The first-order chi connectivity index (χ1) is 7.10. The van der Waals surface area contributed by atoms with Crippen LogP contribution in [0.2, 0.25) is 0 Å². The van der Waals surface area contributed by atoms with E-state index in [1.54, 1.807) is 25.3 Å². The summed E-state index contributed by atoms with van der Waals surface area (Å²) in [6.45, 7) is -0.273. The molecular weight excluding hydrogens is 262 g/mol. The van der Waals surface area contributed by atoms with Gasteiger partial charge in [-0.05, 0) is 23.8 Å². The number of hydrogen-bond acceptors (Lipinski definition) is 4. The molecule has 0 spiro atoms. The first kappa shape index (κ1) is 12.4. The summed E-state index contributed by atoms with van der Waals surface area (Å²) in [5, 5.41) is 18.7. The zero-order valence-corrected chi connectivity index (χ0v) is 9.94. The molecule has 0 aromatic heterocycles. The Morgan fingerprint density at radius 3 is 2.73 bits per heavy atom. The third-order valence-electron chi connectivity index (χ3n) is 2.14. The number of rotatable bonds is 4. The van der Waals surface area contributed by atoms with Crippen LogP contribution >= 0.6 is 15.9 Å². The molecule has 0 aliphatic heterocycles. The number of nitrogens with two attached hydrogens (primary N) is 1. The molecule has 0 aliphatic rings. The van der Waals surface area contributed by atoms with Crippen molar-refractivity contribution in [2.75, 3.05) is 13.7 Å². The molecule has 15 heavy (non-hydrogen) atoms. The molecule has 0 amide bonds. The molecule has 4 N–H and O–H groups in total. The Morgan fingerprint density at radius 1 is 1.53 bits per heavy atom. The molecule has 0 heterocycles. The van der Waals surface area contributed by atoms with E-state index in [1.807, 2.05) is 0 Å². The first-order valence-corrected chi connectivity index (χ1v) is 5.27. The summed E-state index contributed by atoms with van der Waals surface area (Å²) in [6.07, 6.45) is -0.917. The summed E-state index contributed by atoms with van der Waals surface area (Å²) in [5.41, 5.74) is 6.15. The lowest BCUT2D eigenvalue weighted by atomic mass is 10.0. The van der Waals surface area contributed by atoms with Gasteiger partial charge in [0.25, 0.3) is 0 Å². The lowest BCUT2D eigenvalue weighted by molar-refractivity contribution is 0.109. The average Bonchev–Trinajstić information content (AvgIpc) is 2.27. The number of halogens is 1. The third kappa shape index (κ3) is 2.92. The number of ether oxygens (including phenoxy) is 1. The zero-order valence-electron chi connectivity index (χ0n) is 8.35. The third-order valence-corrected chi connectivity index (χ3v) is 2.86. The normalized spacial score (nSPS) is 14.7. The fraction of sp³-hybridized carbons (Fsp3) is 0.400. The molecule has 4 nitrogen and oxygen atoms in total. The second-order valence-electron chi connectivity index (χ2n) is 3.18.